The van der Waals surface area contributed by atoms with E-state index in [-0.39, 0.29) is 5.82 Å². The highest BCUT2D eigenvalue weighted by molar-refractivity contribution is 5.27. The number of hydrogen-bond acceptors (Lipinski definition) is 2. The molecule has 0 spiro atoms. The van der Waals surface area contributed by atoms with E-state index in [1.807, 2.05) is 13.1 Å². The Morgan fingerprint density at radius 2 is 1.94 bits per heavy atom. The Kier molecular flexibility index (Phi) is 6.63. The SMILES string of the molecule is CNCCCCCCOc1ccc(C)c(F)c1. The molecule has 17 heavy (non-hydrogen) atoms. The van der Waals surface area contributed by atoms with Gasteiger partial charge in [-0.1, -0.05) is 18.9 Å². The largest absolute Gasteiger partial charge is 0.493 e. The molecule has 1 N–H and O–H groups in total. The summed E-state index contributed by atoms with van der Waals surface area (Å²) in [6.07, 6.45) is 4.61. The minimum absolute atomic E-state index is 0.198. The van der Waals surface area contributed by atoms with Gasteiger partial charge >= 0.3 is 0 Å². The second-order valence-corrected chi connectivity index (χ2v) is 4.28. The smallest absolute Gasteiger partial charge is 0.129 e. The third-order valence-electron chi connectivity index (χ3n) is 2.73. The van der Waals surface area contributed by atoms with Crippen LogP contribution in [0.4, 0.5) is 4.39 Å². The maximum absolute atomic E-state index is 13.2. The average Bonchev–Trinajstić information content (AvgIpc) is 2.32. The molecule has 96 valence electrons. The molecule has 0 aliphatic heterocycles. The molecule has 1 rings (SSSR count). The summed E-state index contributed by atoms with van der Waals surface area (Å²) in [6, 6.07) is 5.02. The molecule has 1 aromatic rings. The summed E-state index contributed by atoms with van der Waals surface area (Å²) in [4.78, 5) is 0. The summed E-state index contributed by atoms with van der Waals surface area (Å²) in [5.41, 5.74) is 0.657. The summed E-state index contributed by atoms with van der Waals surface area (Å²) in [6.45, 7) is 3.49. The lowest BCUT2D eigenvalue weighted by atomic mass is 10.2. The van der Waals surface area contributed by atoms with E-state index in [0.717, 1.165) is 19.4 Å². The number of aryl methyl sites for hydroxylation is 1. The van der Waals surface area contributed by atoms with E-state index in [1.54, 1.807) is 13.0 Å². The molecule has 0 heterocycles. The minimum atomic E-state index is -0.198. The number of ether oxygens (including phenoxy) is 1. The molecular formula is C14H22FNO. The van der Waals surface area contributed by atoms with E-state index < -0.39 is 0 Å². The third kappa shape index (κ3) is 5.68. The first kappa shape index (κ1) is 14.0. The number of halogens is 1. The first-order valence-corrected chi connectivity index (χ1v) is 6.27. The summed E-state index contributed by atoms with van der Waals surface area (Å²) in [5, 5.41) is 3.12. The van der Waals surface area contributed by atoms with Crippen LogP contribution in [0.15, 0.2) is 18.2 Å². The van der Waals surface area contributed by atoms with Crippen LogP contribution in [0.25, 0.3) is 0 Å². The Morgan fingerprint density at radius 3 is 2.65 bits per heavy atom. The molecule has 0 saturated carbocycles. The van der Waals surface area contributed by atoms with Crippen LogP contribution in [0.1, 0.15) is 31.2 Å². The first-order valence-electron chi connectivity index (χ1n) is 6.27. The normalized spacial score (nSPS) is 10.5. The molecule has 0 aromatic heterocycles. The van der Waals surface area contributed by atoms with Gasteiger partial charge in [0.1, 0.15) is 11.6 Å². The zero-order chi connectivity index (χ0) is 12.5. The Balaban J connectivity index is 2.11. The highest BCUT2D eigenvalue weighted by Gasteiger charge is 1.99. The molecule has 0 radical (unpaired) electrons. The van der Waals surface area contributed by atoms with Crippen molar-refractivity contribution in [1.82, 2.24) is 5.32 Å². The van der Waals surface area contributed by atoms with E-state index in [2.05, 4.69) is 5.32 Å². The van der Waals surface area contributed by atoms with Crippen molar-refractivity contribution < 1.29 is 9.13 Å². The van der Waals surface area contributed by atoms with Gasteiger partial charge in [0, 0.05) is 6.07 Å². The van der Waals surface area contributed by atoms with Crippen molar-refractivity contribution in [2.75, 3.05) is 20.2 Å². The van der Waals surface area contributed by atoms with Crippen LogP contribution in [-0.2, 0) is 0 Å². The average molecular weight is 239 g/mol. The van der Waals surface area contributed by atoms with Gasteiger partial charge in [-0.25, -0.2) is 4.39 Å². The number of nitrogens with one attached hydrogen (secondary N) is 1. The summed E-state index contributed by atoms with van der Waals surface area (Å²) in [5.74, 6) is 0.430. The number of unbranched alkanes of at least 4 members (excludes halogenated alkanes) is 3. The van der Waals surface area contributed by atoms with Crippen molar-refractivity contribution in [3.63, 3.8) is 0 Å². The van der Waals surface area contributed by atoms with E-state index in [0.29, 0.717) is 17.9 Å². The first-order chi connectivity index (χ1) is 8.24. The van der Waals surface area contributed by atoms with Crippen molar-refractivity contribution in [2.45, 2.75) is 32.6 Å². The Bertz CT molecular complexity index is 328. The van der Waals surface area contributed by atoms with E-state index in [4.69, 9.17) is 4.74 Å². The van der Waals surface area contributed by atoms with Crippen LogP contribution in [0.2, 0.25) is 0 Å². The fourth-order valence-electron chi connectivity index (χ4n) is 1.61. The lowest BCUT2D eigenvalue weighted by Gasteiger charge is -2.07. The maximum atomic E-state index is 13.2. The van der Waals surface area contributed by atoms with E-state index in [9.17, 15) is 4.39 Å². The molecule has 1 aromatic carbocycles. The zero-order valence-corrected chi connectivity index (χ0v) is 10.8. The van der Waals surface area contributed by atoms with Gasteiger partial charge in [-0.2, -0.15) is 0 Å². The second kappa shape index (κ2) is 8.07. The zero-order valence-electron chi connectivity index (χ0n) is 10.8. The van der Waals surface area contributed by atoms with E-state index >= 15 is 0 Å². The summed E-state index contributed by atoms with van der Waals surface area (Å²) >= 11 is 0. The highest BCUT2D eigenvalue weighted by Crippen LogP contribution is 2.16. The fraction of sp³-hybridized carbons (Fsp3) is 0.571. The molecule has 3 heteroatoms. The van der Waals surface area contributed by atoms with Crippen molar-refractivity contribution in [1.29, 1.82) is 0 Å². The van der Waals surface area contributed by atoms with Gasteiger partial charge in [0.2, 0.25) is 0 Å². The van der Waals surface area contributed by atoms with Crippen LogP contribution < -0.4 is 10.1 Å². The van der Waals surface area contributed by atoms with Gasteiger partial charge in [-0.15, -0.1) is 0 Å². The second-order valence-electron chi connectivity index (χ2n) is 4.28. The Hall–Kier alpha value is -1.09. The number of hydrogen-bond donors (Lipinski definition) is 1. The maximum Gasteiger partial charge on any atom is 0.129 e. The van der Waals surface area contributed by atoms with Gasteiger partial charge in [0.15, 0.2) is 0 Å². The third-order valence-corrected chi connectivity index (χ3v) is 2.73. The fourth-order valence-corrected chi connectivity index (χ4v) is 1.61. The van der Waals surface area contributed by atoms with Crippen molar-refractivity contribution >= 4 is 0 Å². The predicted octanol–water partition coefficient (Wildman–Crippen LogP) is 3.29. The molecule has 2 nitrogen and oxygen atoms in total. The van der Waals surface area contributed by atoms with Gasteiger partial charge in [0.05, 0.1) is 6.61 Å². The molecule has 0 fully saturated rings. The molecule has 0 bridgehead atoms. The molecule has 0 unspecified atom stereocenters. The lowest BCUT2D eigenvalue weighted by molar-refractivity contribution is 0.303. The van der Waals surface area contributed by atoms with Gasteiger partial charge in [-0.3, -0.25) is 0 Å². The Morgan fingerprint density at radius 1 is 1.18 bits per heavy atom. The lowest BCUT2D eigenvalue weighted by Crippen LogP contribution is -2.07. The van der Waals surface area contributed by atoms with Crippen LogP contribution in [-0.4, -0.2) is 20.2 Å². The predicted molar refractivity (Wildman–Crippen MR) is 69.0 cm³/mol. The molecule has 0 aliphatic rings. The molecule has 0 saturated heterocycles. The summed E-state index contributed by atoms with van der Waals surface area (Å²) in [7, 11) is 1.97. The van der Waals surface area contributed by atoms with E-state index in [1.165, 1.54) is 18.9 Å². The molecule has 0 amide bonds. The molecule has 0 aliphatic carbocycles. The van der Waals surface area contributed by atoms with Crippen molar-refractivity contribution in [3.05, 3.63) is 29.6 Å². The standard InChI is InChI=1S/C14H22FNO/c1-12-7-8-13(11-14(12)15)17-10-6-4-3-5-9-16-2/h7-8,11,16H,3-6,9-10H2,1-2H3. The van der Waals surface area contributed by atoms with Gasteiger partial charge in [0.25, 0.3) is 0 Å². The Labute approximate surface area is 103 Å². The van der Waals surface area contributed by atoms with Crippen molar-refractivity contribution in [2.24, 2.45) is 0 Å². The van der Waals surface area contributed by atoms with Crippen molar-refractivity contribution in [3.8, 4) is 5.75 Å². The van der Waals surface area contributed by atoms with Gasteiger partial charge in [-0.05, 0) is 45.0 Å². The minimum Gasteiger partial charge on any atom is -0.493 e. The van der Waals surface area contributed by atoms with Crippen LogP contribution in [0.3, 0.4) is 0 Å². The van der Waals surface area contributed by atoms with Crippen LogP contribution >= 0.6 is 0 Å². The van der Waals surface area contributed by atoms with Gasteiger partial charge < -0.3 is 10.1 Å². The van der Waals surface area contributed by atoms with Crippen LogP contribution in [0, 0.1) is 12.7 Å². The number of benzene rings is 1. The van der Waals surface area contributed by atoms with Crippen LogP contribution in [0.5, 0.6) is 5.75 Å². The highest BCUT2D eigenvalue weighted by atomic mass is 19.1. The monoisotopic (exact) mass is 239 g/mol. The molecular weight excluding hydrogens is 217 g/mol. The summed E-state index contributed by atoms with van der Waals surface area (Å²) < 4.78 is 18.7. The number of rotatable bonds is 8. The topological polar surface area (TPSA) is 21.3 Å². The molecule has 0 atom stereocenters. The quantitative estimate of drug-likeness (QED) is 0.703.